The Morgan fingerprint density at radius 2 is 1.94 bits per heavy atom. The summed E-state index contributed by atoms with van der Waals surface area (Å²) >= 11 is 3.39. The molecule has 0 aliphatic rings. The van der Waals surface area contributed by atoms with Crippen molar-refractivity contribution in [1.82, 2.24) is 14.6 Å². The molecule has 0 bridgehead atoms. The number of halogens is 1. The maximum atomic E-state index is 11.6. The summed E-state index contributed by atoms with van der Waals surface area (Å²) in [5.74, 6) is 0. The molecule has 0 saturated heterocycles. The first-order valence-electron chi connectivity index (χ1n) is 5.07. The van der Waals surface area contributed by atoms with Gasteiger partial charge in [-0.25, -0.2) is 9.50 Å². The highest BCUT2D eigenvalue weighted by Crippen LogP contribution is 2.20. The van der Waals surface area contributed by atoms with E-state index in [2.05, 4.69) is 26.0 Å². The molecule has 1 N–H and O–H groups in total. The van der Waals surface area contributed by atoms with E-state index < -0.39 is 0 Å². The van der Waals surface area contributed by atoms with Gasteiger partial charge in [0.1, 0.15) is 0 Å². The van der Waals surface area contributed by atoms with Crippen molar-refractivity contribution >= 4 is 21.6 Å². The van der Waals surface area contributed by atoms with E-state index in [1.165, 1.54) is 16.8 Å². The van der Waals surface area contributed by atoms with Crippen LogP contribution in [0.25, 0.3) is 16.9 Å². The third-order valence-corrected chi connectivity index (χ3v) is 3.06. The minimum Gasteiger partial charge on any atom is -0.289 e. The predicted octanol–water partition coefficient (Wildman–Crippen LogP) is 2.45. The van der Waals surface area contributed by atoms with Gasteiger partial charge in [-0.2, -0.15) is 0 Å². The Hall–Kier alpha value is -1.88. The van der Waals surface area contributed by atoms with Crippen molar-refractivity contribution in [3.63, 3.8) is 0 Å². The smallest absolute Gasteiger partial charge is 0.272 e. The second-order valence-corrected chi connectivity index (χ2v) is 4.57. The fourth-order valence-electron chi connectivity index (χ4n) is 1.70. The highest BCUT2D eigenvalue weighted by Gasteiger charge is 2.04. The summed E-state index contributed by atoms with van der Waals surface area (Å²) in [6.45, 7) is 0. The summed E-state index contributed by atoms with van der Waals surface area (Å²) in [5, 5.41) is 3.03. The minimum absolute atomic E-state index is 0.113. The molecule has 0 aliphatic heterocycles. The van der Waals surface area contributed by atoms with Gasteiger partial charge in [-0.15, -0.1) is 0 Å². The van der Waals surface area contributed by atoms with E-state index >= 15 is 0 Å². The SMILES string of the molecule is O=c1ccnc2cc(-c3ccc(Br)cc3)[nH]n12. The Labute approximate surface area is 105 Å². The molecule has 4 nitrogen and oxygen atoms in total. The molecule has 84 valence electrons. The third kappa shape index (κ3) is 1.78. The first kappa shape index (κ1) is 10.3. The van der Waals surface area contributed by atoms with Crippen molar-refractivity contribution in [2.45, 2.75) is 0 Å². The van der Waals surface area contributed by atoms with Crippen LogP contribution in [0, 0.1) is 0 Å². The Morgan fingerprint density at radius 3 is 2.65 bits per heavy atom. The van der Waals surface area contributed by atoms with Crippen LogP contribution in [-0.2, 0) is 0 Å². The largest absolute Gasteiger partial charge is 0.289 e. The zero-order valence-corrected chi connectivity index (χ0v) is 10.3. The van der Waals surface area contributed by atoms with Gasteiger partial charge in [0.05, 0.1) is 5.69 Å². The fraction of sp³-hybridized carbons (Fsp3) is 0. The molecule has 0 unspecified atom stereocenters. The molecule has 2 heterocycles. The van der Waals surface area contributed by atoms with E-state index in [0.29, 0.717) is 5.65 Å². The lowest BCUT2D eigenvalue weighted by Gasteiger charge is -1.96. The highest BCUT2D eigenvalue weighted by atomic mass is 79.9. The van der Waals surface area contributed by atoms with E-state index in [4.69, 9.17) is 0 Å². The van der Waals surface area contributed by atoms with Crippen molar-refractivity contribution in [2.75, 3.05) is 0 Å². The summed E-state index contributed by atoms with van der Waals surface area (Å²) in [4.78, 5) is 15.7. The number of hydrogen-bond donors (Lipinski definition) is 1. The van der Waals surface area contributed by atoms with Gasteiger partial charge in [-0.1, -0.05) is 28.1 Å². The van der Waals surface area contributed by atoms with E-state index in [-0.39, 0.29) is 5.56 Å². The van der Waals surface area contributed by atoms with E-state index in [9.17, 15) is 4.79 Å². The molecule has 2 aromatic heterocycles. The van der Waals surface area contributed by atoms with Crippen LogP contribution >= 0.6 is 15.9 Å². The van der Waals surface area contributed by atoms with Gasteiger partial charge in [-0.3, -0.25) is 9.89 Å². The molecular formula is C12H8BrN3O. The molecule has 0 radical (unpaired) electrons. The van der Waals surface area contributed by atoms with Crippen LogP contribution in [0.15, 0.2) is 51.9 Å². The van der Waals surface area contributed by atoms with Crippen molar-refractivity contribution in [3.05, 3.63) is 57.4 Å². The molecule has 0 aliphatic carbocycles. The van der Waals surface area contributed by atoms with E-state index in [0.717, 1.165) is 15.7 Å². The number of nitrogens with zero attached hydrogens (tertiary/aromatic N) is 2. The van der Waals surface area contributed by atoms with E-state index in [1.54, 1.807) is 0 Å². The van der Waals surface area contributed by atoms with Crippen LogP contribution in [0.3, 0.4) is 0 Å². The number of fused-ring (bicyclic) bond motifs is 1. The summed E-state index contributed by atoms with van der Waals surface area (Å²) < 4.78 is 2.45. The van der Waals surface area contributed by atoms with Crippen LogP contribution in [-0.4, -0.2) is 14.6 Å². The van der Waals surface area contributed by atoms with E-state index in [1.807, 2.05) is 30.3 Å². The lowest BCUT2D eigenvalue weighted by atomic mass is 10.2. The lowest BCUT2D eigenvalue weighted by molar-refractivity contribution is 0.903. The van der Waals surface area contributed by atoms with Crippen LogP contribution < -0.4 is 5.56 Å². The third-order valence-electron chi connectivity index (χ3n) is 2.53. The number of aromatic amines is 1. The summed E-state index contributed by atoms with van der Waals surface area (Å²) in [5.41, 5.74) is 2.39. The fourth-order valence-corrected chi connectivity index (χ4v) is 1.96. The van der Waals surface area contributed by atoms with Crippen LogP contribution in [0.4, 0.5) is 0 Å². The van der Waals surface area contributed by atoms with Crippen LogP contribution in [0.2, 0.25) is 0 Å². The maximum Gasteiger partial charge on any atom is 0.272 e. The van der Waals surface area contributed by atoms with Gasteiger partial charge in [0, 0.05) is 22.8 Å². The van der Waals surface area contributed by atoms with Gasteiger partial charge in [0.2, 0.25) is 0 Å². The van der Waals surface area contributed by atoms with Gasteiger partial charge >= 0.3 is 0 Å². The second kappa shape index (κ2) is 3.85. The molecule has 3 rings (SSSR count). The molecule has 3 aromatic rings. The second-order valence-electron chi connectivity index (χ2n) is 3.65. The number of aromatic nitrogens is 3. The quantitative estimate of drug-likeness (QED) is 0.748. The topological polar surface area (TPSA) is 50.2 Å². The predicted molar refractivity (Wildman–Crippen MR) is 68.9 cm³/mol. The molecule has 0 fully saturated rings. The van der Waals surface area contributed by atoms with Crippen molar-refractivity contribution in [1.29, 1.82) is 0 Å². The van der Waals surface area contributed by atoms with Gasteiger partial charge in [-0.05, 0) is 17.7 Å². The van der Waals surface area contributed by atoms with Crippen molar-refractivity contribution < 1.29 is 0 Å². The Balaban J connectivity index is 2.21. The lowest BCUT2D eigenvalue weighted by Crippen LogP contribution is -2.12. The standard InChI is InChI=1S/C12H8BrN3O/c13-9-3-1-8(2-4-9)10-7-11-14-6-5-12(17)16(11)15-10/h1-7,15H. The Bertz CT molecular complexity index is 727. The molecule has 0 amide bonds. The average Bonchev–Trinajstić information content (AvgIpc) is 2.75. The number of rotatable bonds is 1. The molecule has 17 heavy (non-hydrogen) atoms. The van der Waals surface area contributed by atoms with Crippen molar-refractivity contribution in [2.24, 2.45) is 0 Å². The summed E-state index contributed by atoms with van der Waals surface area (Å²) in [6.07, 6.45) is 1.51. The number of hydrogen-bond acceptors (Lipinski definition) is 2. The zero-order valence-electron chi connectivity index (χ0n) is 8.72. The zero-order chi connectivity index (χ0) is 11.8. The first-order valence-corrected chi connectivity index (χ1v) is 5.86. The maximum absolute atomic E-state index is 11.6. The molecule has 1 aromatic carbocycles. The van der Waals surface area contributed by atoms with Crippen LogP contribution in [0.5, 0.6) is 0 Å². The van der Waals surface area contributed by atoms with Crippen LogP contribution in [0.1, 0.15) is 0 Å². The molecular weight excluding hydrogens is 282 g/mol. The average molecular weight is 290 g/mol. The Kier molecular flexibility index (Phi) is 2.33. The highest BCUT2D eigenvalue weighted by molar-refractivity contribution is 9.10. The summed E-state index contributed by atoms with van der Waals surface area (Å²) in [6, 6.07) is 11.1. The van der Waals surface area contributed by atoms with Gasteiger partial charge in [0.25, 0.3) is 5.56 Å². The number of nitrogens with one attached hydrogen (secondary N) is 1. The molecule has 5 heteroatoms. The van der Waals surface area contributed by atoms with Crippen molar-refractivity contribution in [3.8, 4) is 11.3 Å². The van der Waals surface area contributed by atoms with Gasteiger partial charge < -0.3 is 0 Å². The summed E-state index contributed by atoms with van der Waals surface area (Å²) in [7, 11) is 0. The Morgan fingerprint density at radius 1 is 1.18 bits per heavy atom. The minimum atomic E-state index is -0.113. The van der Waals surface area contributed by atoms with Gasteiger partial charge in [0.15, 0.2) is 5.65 Å². The monoisotopic (exact) mass is 289 g/mol. The first-order chi connectivity index (χ1) is 8.24. The molecule has 0 saturated carbocycles. The number of benzene rings is 1. The molecule has 0 atom stereocenters. The number of H-pyrrole nitrogens is 1. The molecule has 0 spiro atoms. The normalized spacial score (nSPS) is 10.9.